The van der Waals surface area contributed by atoms with E-state index in [9.17, 15) is 4.39 Å². The van der Waals surface area contributed by atoms with Crippen LogP contribution in [-0.4, -0.2) is 15.9 Å². The van der Waals surface area contributed by atoms with Gasteiger partial charge in [0.15, 0.2) is 0 Å². The lowest BCUT2D eigenvalue weighted by molar-refractivity contribution is 0.319. The maximum Gasteiger partial charge on any atom is 0.132 e. The molecule has 82 valence electrons. The molecule has 1 heterocycles. The monoisotopic (exact) mass is 218 g/mol. The Kier molecular flexibility index (Phi) is 2.56. The number of hydrogen-bond acceptors (Lipinski definition) is 3. The second-order valence-corrected chi connectivity index (χ2v) is 3.61. The van der Waals surface area contributed by atoms with Crippen LogP contribution in [0.3, 0.4) is 0 Å². The number of fused-ring (bicyclic) bond motifs is 1. The molecule has 0 unspecified atom stereocenters. The van der Waals surface area contributed by atoms with Gasteiger partial charge < -0.3 is 5.21 Å². The van der Waals surface area contributed by atoms with Crippen LogP contribution >= 0.6 is 0 Å². The molecule has 0 saturated carbocycles. The Morgan fingerprint density at radius 1 is 1.44 bits per heavy atom. The molecular formula is C12H11FN2O. The van der Waals surface area contributed by atoms with E-state index in [0.717, 1.165) is 0 Å². The fraction of sp³-hybridized carbons (Fsp3) is 0.167. The number of hydrogen-bond donors (Lipinski definition) is 1. The summed E-state index contributed by atoms with van der Waals surface area (Å²) in [6, 6.07) is 6.41. The van der Waals surface area contributed by atoms with Crippen LogP contribution in [0.5, 0.6) is 0 Å². The van der Waals surface area contributed by atoms with Crippen molar-refractivity contribution in [2.24, 2.45) is 5.16 Å². The van der Waals surface area contributed by atoms with Crippen molar-refractivity contribution in [2.75, 3.05) is 0 Å². The average molecular weight is 218 g/mol. The lowest BCUT2D eigenvalue weighted by Gasteiger charge is -2.06. The molecule has 16 heavy (non-hydrogen) atoms. The maximum atomic E-state index is 13.5. The topological polar surface area (TPSA) is 45.5 Å². The summed E-state index contributed by atoms with van der Waals surface area (Å²) in [6.45, 7) is 3.45. The van der Waals surface area contributed by atoms with Gasteiger partial charge in [0, 0.05) is 16.6 Å². The van der Waals surface area contributed by atoms with Crippen molar-refractivity contribution < 1.29 is 9.60 Å². The Morgan fingerprint density at radius 2 is 2.19 bits per heavy atom. The zero-order valence-corrected chi connectivity index (χ0v) is 9.03. The highest BCUT2D eigenvalue weighted by Gasteiger charge is 2.08. The molecule has 0 aliphatic rings. The zero-order chi connectivity index (χ0) is 11.7. The molecule has 0 spiro atoms. The van der Waals surface area contributed by atoms with Crippen molar-refractivity contribution in [3.8, 4) is 0 Å². The van der Waals surface area contributed by atoms with Gasteiger partial charge in [-0.3, -0.25) is 4.98 Å². The van der Waals surface area contributed by atoms with E-state index >= 15 is 0 Å². The number of aryl methyl sites for hydroxylation is 1. The number of aromatic nitrogens is 1. The van der Waals surface area contributed by atoms with Crippen molar-refractivity contribution in [1.82, 2.24) is 4.98 Å². The minimum atomic E-state index is -0.322. The first-order valence-electron chi connectivity index (χ1n) is 4.88. The summed E-state index contributed by atoms with van der Waals surface area (Å²) < 4.78 is 13.5. The van der Waals surface area contributed by atoms with Crippen molar-refractivity contribution in [2.45, 2.75) is 13.8 Å². The Hall–Kier alpha value is -1.97. The molecule has 1 N–H and O–H groups in total. The summed E-state index contributed by atoms with van der Waals surface area (Å²) in [6.07, 6.45) is 0. The highest BCUT2D eigenvalue weighted by Crippen LogP contribution is 2.19. The first-order valence-corrected chi connectivity index (χ1v) is 4.88. The van der Waals surface area contributed by atoms with Crippen LogP contribution < -0.4 is 0 Å². The van der Waals surface area contributed by atoms with E-state index in [2.05, 4.69) is 10.1 Å². The van der Waals surface area contributed by atoms with Crippen LogP contribution in [-0.2, 0) is 0 Å². The van der Waals surface area contributed by atoms with Crippen LogP contribution in [0.1, 0.15) is 18.2 Å². The molecule has 1 aromatic carbocycles. The quantitative estimate of drug-likeness (QED) is 0.454. The predicted octanol–water partition coefficient (Wildman–Crippen LogP) is 2.88. The maximum absolute atomic E-state index is 13.5. The molecule has 0 aliphatic carbocycles. The molecule has 0 atom stereocenters. The summed E-state index contributed by atoms with van der Waals surface area (Å²) in [5.41, 5.74) is 2.40. The number of benzene rings is 1. The highest BCUT2D eigenvalue weighted by atomic mass is 19.1. The van der Waals surface area contributed by atoms with Crippen molar-refractivity contribution in [3.05, 3.63) is 41.3 Å². The lowest BCUT2D eigenvalue weighted by atomic mass is 10.1. The number of pyridine rings is 1. The fourth-order valence-corrected chi connectivity index (χ4v) is 1.68. The van der Waals surface area contributed by atoms with Crippen LogP contribution in [0.25, 0.3) is 10.9 Å². The van der Waals surface area contributed by atoms with Gasteiger partial charge in [-0.25, -0.2) is 4.39 Å². The lowest BCUT2D eigenvalue weighted by Crippen LogP contribution is -2.01. The van der Waals surface area contributed by atoms with Crippen LogP contribution in [0.2, 0.25) is 0 Å². The van der Waals surface area contributed by atoms with E-state index < -0.39 is 0 Å². The third-order valence-electron chi connectivity index (χ3n) is 2.54. The normalized spacial score (nSPS) is 12.1. The molecule has 0 fully saturated rings. The number of halogens is 1. The van der Waals surface area contributed by atoms with Gasteiger partial charge in [0.25, 0.3) is 0 Å². The summed E-state index contributed by atoms with van der Waals surface area (Å²) >= 11 is 0. The molecule has 0 bridgehead atoms. The van der Waals surface area contributed by atoms with E-state index in [0.29, 0.717) is 27.9 Å². The molecule has 0 amide bonds. The number of oxime groups is 1. The fourth-order valence-electron chi connectivity index (χ4n) is 1.68. The van der Waals surface area contributed by atoms with E-state index in [1.165, 1.54) is 6.07 Å². The highest BCUT2D eigenvalue weighted by molar-refractivity contribution is 6.01. The van der Waals surface area contributed by atoms with Crippen molar-refractivity contribution in [3.63, 3.8) is 0 Å². The average Bonchev–Trinajstić information content (AvgIpc) is 2.28. The summed E-state index contributed by atoms with van der Waals surface area (Å²) in [5.74, 6) is -0.322. The summed E-state index contributed by atoms with van der Waals surface area (Å²) in [5, 5.41) is 12.3. The molecule has 0 saturated heterocycles. The van der Waals surface area contributed by atoms with E-state index in [1.807, 2.05) is 0 Å². The summed E-state index contributed by atoms with van der Waals surface area (Å²) in [7, 11) is 0. The molecule has 2 rings (SSSR count). The first kappa shape index (κ1) is 10.5. The third kappa shape index (κ3) is 1.62. The van der Waals surface area contributed by atoms with E-state index in [-0.39, 0.29) is 5.82 Å². The second kappa shape index (κ2) is 3.89. The molecule has 0 radical (unpaired) electrons. The standard InChI is InChI=1S/C12H11FN2O/c1-7-9(8(2)15-16)6-10-11(13)4-3-5-12(10)14-7/h3-6,16H,1-2H3. The Balaban J connectivity index is 2.79. The second-order valence-electron chi connectivity index (χ2n) is 3.61. The van der Waals surface area contributed by atoms with Gasteiger partial charge in [0.05, 0.1) is 11.2 Å². The number of nitrogens with zero attached hydrogens (tertiary/aromatic N) is 2. The van der Waals surface area contributed by atoms with Gasteiger partial charge in [-0.05, 0) is 32.0 Å². The minimum absolute atomic E-state index is 0.322. The van der Waals surface area contributed by atoms with Crippen LogP contribution in [0, 0.1) is 12.7 Å². The van der Waals surface area contributed by atoms with Crippen molar-refractivity contribution in [1.29, 1.82) is 0 Å². The smallest absolute Gasteiger partial charge is 0.132 e. The van der Waals surface area contributed by atoms with Gasteiger partial charge in [-0.2, -0.15) is 0 Å². The van der Waals surface area contributed by atoms with E-state index in [4.69, 9.17) is 5.21 Å². The Morgan fingerprint density at radius 3 is 2.88 bits per heavy atom. The largest absolute Gasteiger partial charge is 0.411 e. The van der Waals surface area contributed by atoms with Crippen LogP contribution in [0.15, 0.2) is 29.4 Å². The zero-order valence-electron chi connectivity index (χ0n) is 9.03. The Bertz CT molecular complexity index is 578. The van der Waals surface area contributed by atoms with Gasteiger partial charge >= 0.3 is 0 Å². The Labute approximate surface area is 92.2 Å². The molecule has 3 nitrogen and oxygen atoms in total. The molecule has 4 heteroatoms. The molecule has 2 aromatic rings. The minimum Gasteiger partial charge on any atom is -0.411 e. The van der Waals surface area contributed by atoms with Gasteiger partial charge in [0.2, 0.25) is 0 Å². The van der Waals surface area contributed by atoms with E-state index in [1.54, 1.807) is 32.0 Å². The third-order valence-corrected chi connectivity index (χ3v) is 2.54. The molecule has 1 aromatic heterocycles. The van der Waals surface area contributed by atoms with Crippen LogP contribution in [0.4, 0.5) is 4.39 Å². The SMILES string of the molecule is CC(=NO)c1cc2c(F)cccc2nc1C. The predicted molar refractivity (Wildman–Crippen MR) is 60.4 cm³/mol. The first-order chi connectivity index (χ1) is 7.63. The molecular weight excluding hydrogens is 207 g/mol. The number of rotatable bonds is 1. The van der Waals surface area contributed by atoms with Gasteiger partial charge in [-0.1, -0.05) is 11.2 Å². The van der Waals surface area contributed by atoms with Gasteiger partial charge in [-0.15, -0.1) is 0 Å². The van der Waals surface area contributed by atoms with Gasteiger partial charge in [0.1, 0.15) is 5.82 Å². The van der Waals surface area contributed by atoms with Crippen molar-refractivity contribution >= 4 is 16.6 Å². The molecule has 0 aliphatic heterocycles. The summed E-state index contributed by atoms with van der Waals surface area (Å²) in [4.78, 5) is 4.27.